The SMILES string of the molecule is O=C(O)c1cnccc1C(=O)NC1CCCNC1=O. The number of rotatable bonds is 3. The lowest BCUT2D eigenvalue weighted by Gasteiger charge is -2.22. The maximum atomic E-state index is 12.0. The van der Waals surface area contributed by atoms with Crippen LogP contribution in [0.3, 0.4) is 0 Å². The predicted molar refractivity (Wildman–Crippen MR) is 64.7 cm³/mol. The molecule has 1 aliphatic heterocycles. The Kier molecular flexibility index (Phi) is 3.74. The number of piperidine rings is 1. The number of nitrogens with zero attached hydrogens (tertiary/aromatic N) is 1. The summed E-state index contributed by atoms with van der Waals surface area (Å²) in [4.78, 5) is 38.2. The van der Waals surface area contributed by atoms with Gasteiger partial charge >= 0.3 is 5.97 Å². The molecule has 2 heterocycles. The van der Waals surface area contributed by atoms with Crippen molar-refractivity contribution in [2.45, 2.75) is 18.9 Å². The van der Waals surface area contributed by atoms with E-state index in [1.54, 1.807) is 0 Å². The molecule has 1 atom stereocenters. The number of pyridine rings is 1. The number of nitrogens with one attached hydrogen (secondary N) is 2. The molecular formula is C12H13N3O4. The Labute approximate surface area is 109 Å². The number of carboxylic acids is 1. The van der Waals surface area contributed by atoms with Crippen LogP contribution in [0.4, 0.5) is 0 Å². The number of hydrogen-bond acceptors (Lipinski definition) is 4. The first-order valence-corrected chi connectivity index (χ1v) is 5.85. The van der Waals surface area contributed by atoms with E-state index < -0.39 is 17.9 Å². The van der Waals surface area contributed by atoms with Crippen molar-refractivity contribution in [1.29, 1.82) is 0 Å². The van der Waals surface area contributed by atoms with E-state index in [1.165, 1.54) is 12.3 Å². The van der Waals surface area contributed by atoms with E-state index in [0.29, 0.717) is 13.0 Å². The standard InChI is InChI=1S/C12H13N3O4/c16-10(15-9-2-1-4-14-11(9)17)7-3-5-13-6-8(7)12(18)19/h3,5-6,9H,1-2,4H2,(H,14,17)(H,15,16)(H,18,19). The molecule has 19 heavy (non-hydrogen) atoms. The molecule has 0 spiro atoms. The van der Waals surface area contributed by atoms with E-state index in [-0.39, 0.29) is 17.0 Å². The van der Waals surface area contributed by atoms with E-state index in [2.05, 4.69) is 15.6 Å². The summed E-state index contributed by atoms with van der Waals surface area (Å²) in [6.45, 7) is 0.598. The van der Waals surface area contributed by atoms with E-state index in [4.69, 9.17) is 5.11 Å². The summed E-state index contributed by atoms with van der Waals surface area (Å²) in [7, 11) is 0. The van der Waals surface area contributed by atoms with Gasteiger partial charge in [-0.05, 0) is 18.9 Å². The average Bonchev–Trinajstić information content (AvgIpc) is 2.41. The lowest BCUT2D eigenvalue weighted by atomic mass is 10.1. The molecule has 7 heteroatoms. The highest BCUT2D eigenvalue weighted by Crippen LogP contribution is 2.09. The molecule has 2 rings (SSSR count). The van der Waals surface area contributed by atoms with Gasteiger partial charge in [-0.1, -0.05) is 0 Å². The zero-order valence-electron chi connectivity index (χ0n) is 10.0. The van der Waals surface area contributed by atoms with Crippen molar-refractivity contribution in [3.05, 3.63) is 29.6 Å². The summed E-state index contributed by atoms with van der Waals surface area (Å²) < 4.78 is 0. The van der Waals surface area contributed by atoms with Gasteiger partial charge in [0.15, 0.2) is 0 Å². The second-order valence-corrected chi connectivity index (χ2v) is 4.19. The third kappa shape index (κ3) is 2.87. The van der Waals surface area contributed by atoms with Gasteiger partial charge < -0.3 is 15.7 Å². The Morgan fingerprint density at radius 1 is 1.42 bits per heavy atom. The van der Waals surface area contributed by atoms with Crippen molar-refractivity contribution < 1.29 is 19.5 Å². The van der Waals surface area contributed by atoms with Crippen molar-refractivity contribution in [1.82, 2.24) is 15.6 Å². The largest absolute Gasteiger partial charge is 0.478 e. The van der Waals surface area contributed by atoms with Crippen LogP contribution in [0, 0.1) is 0 Å². The quantitative estimate of drug-likeness (QED) is 0.699. The first-order valence-electron chi connectivity index (χ1n) is 5.85. The van der Waals surface area contributed by atoms with Crippen molar-refractivity contribution in [3.8, 4) is 0 Å². The topological polar surface area (TPSA) is 108 Å². The molecule has 100 valence electrons. The van der Waals surface area contributed by atoms with Gasteiger partial charge in [-0.15, -0.1) is 0 Å². The fourth-order valence-electron chi connectivity index (χ4n) is 1.91. The number of amides is 2. The zero-order chi connectivity index (χ0) is 13.8. The van der Waals surface area contributed by atoms with Gasteiger partial charge in [0.2, 0.25) is 5.91 Å². The fraction of sp³-hybridized carbons (Fsp3) is 0.333. The third-order valence-corrected chi connectivity index (χ3v) is 2.89. The molecule has 0 aromatic carbocycles. The van der Waals surface area contributed by atoms with Crippen LogP contribution in [-0.4, -0.2) is 40.5 Å². The average molecular weight is 263 g/mol. The molecule has 1 unspecified atom stereocenters. The van der Waals surface area contributed by atoms with Gasteiger partial charge in [0.1, 0.15) is 6.04 Å². The van der Waals surface area contributed by atoms with Crippen molar-refractivity contribution >= 4 is 17.8 Å². The molecule has 0 bridgehead atoms. The maximum absolute atomic E-state index is 12.0. The Balaban J connectivity index is 2.16. The first-order chi connectivity index (χ1) is 9.09. The van der Waals surface area contributed by atoms with Gasteiger partial charge in [-0.25, -0.2) is 4.79 Å². The summed E-state index contributed by atoms with van der Waals surface area (Å²) in [5.41, 5.74) is -0.183. The lowest BCUT2D eigenvalue weighted by Crippen LogP contribution is -2.50. The van der Waals surface area contributed by atoms with Crippen LogP contribution in [0.1, 0.15) is 33.6 Å². The van der Waals surface area contributed by atoms with Crippen LogP contribution >= 0.6 is 0 Å². The Morgan fingerprint density at radius 3 is 2.89 bits per heavy atom. The number of carbonyl (C=O) groups is 3. The van der Waals surface area contributed by atoms with E-state index in [0.717, 1.165) is 12.6 Å². The second kappa shape index (κ2) is 5.47. The van der Waals surface area contributed by atoms with Crippen molar-refractivity contribution in [2.75, 3.05) is 6.54 Å². The highest BCUT2D eigenvalue weighted by atomic mass is 16.4. The molecule has 1 saturated heterocycles. The summed E-state index contributed by atoms with van der Waals surface area (Å²) in [5, 5.41) is 14.2. The molecular weight excluding hydrogens is 250 g/mol. The molecule has 1 fully saturated rings. The Bertz CT molecular complexity index is 529. The minimum atomic E-state index is -1.23. The number of hydrogen-bond donors (Lipinski definition) is 3. The molecule has 2 amide bonds. The number of aromatic nitrogens is 1. The highest BCUT2D eigenvalue weighted by Gasteiger charge is 2.25. The minimum absolute atomic E-state index is 0.000809. The van der Waals surface area contributed by atoms with Gasteiger partial charge in [-0.2, -0.15) is 0 Å². The summed E-state index contributed by atoms with van der Waals surface area (Å²) in [6, 6.07) is 0.704. The molecule has 0 saturated carbocycles. The zero-order valence-corrected chi connectivity index (χ0v) is 10.0. The summed E-state index contributed by atoms with van der Waals surface area (Å²) in [6.07, 6.45) is 3.77. The highest BCUT2D eigenvalue weighted by molar-refractivity contribution is 6.05. The van der Waals surface area contributed by atoms with Gasteiger partial charge in [0.25, 0.3) is 5.91 Å². The maximum Gasteiger partial charge on any atom is 0.338 e. The molecule has 0 radical (unpaired) electrons. The Hall–Kier alpha value is -2.44. The Morgan fingerprint density at radius 2 is 2.21 bits per heavy atom. The van der Waals surface area contributed by atoms with Gasteiger partial charge in [-0.3, -0.25) is 14.6 Å². The first kappa shape index (κ1) is 13.0. The monoisotopic (exact) mass is 263 g/mol. The van der Waals surface area contributed by atoms with E-state index in [1.807, 2.05) is 0 Å². The predicted octanol–water partition coefficient (Wildman–Crippen LogP) is -0.212. The summed E-state index contributed by atoms with van der Waals surface area (Å²) in [5.74, 6) is -2.06. The molecule has 3 N–H and O–H groups in total. The van der Waals surface area contributed by atoms with E-state index in [9.17, 15) is 14.4 Å². The van der Waals surface area contributed by atoms with E-state index >= 15 is 0 Å². The molecule has 7 nitrogen and oxygen atoms in total. The van der Waals surface area contributed by atoms with Gasteiger partial charge in [0.05, 0.1) is 11.1 Å². The number of carboxylic acid groups (broad SMARTS) is 1. The van der Waals surface area contributed by atoms with Crippen LogP contribution < -0.4 is 10.6 Å². The lowest BCUT2D eigenvalue weighted by molar-refractivity contribution is -0.124. The third-order valence-electron chi connectivity index (χ3n) is 2.89. The fourth-order valence-corrected chi connectivity index (χ4v) is 1.91. The number of carbonyl (C=O) groups excluding carboxylic acids is 2. The van der Waals surface area contributed by atoms with Crippen molar-refractivity contribution in [3.63, 3.8) is 0 Å². The van der Waals surface area contributed by atoms with Crippen molar-refractivity contribution in [2.24, 2.45) is 0 Å². The molecule has 1 aliphatic rings. The smallest absolute Gasteiger partial charge is 0.338 e. The molecule has 1 aromatic rings. The second-order valence-electron chi connectivity index (χ2n) is 4.19. The van der Waals surface area contributed by atoms with Crippen LogP contribution in [0.5, 0.6) is 0 Å². The minimum Gasteiger partial charge on any atom is -0.478 e. The van der Waals surface area contributed by atoms with Crippen LogP contribution in [0.2, 0.25) is 0 Å². The number of aromatic carboxylic acids is 1. The van der Waals surface area contributed by atoms with Crippen LogP contribution in [0.15, 0.2) is 18.5 Å². The van der Waals surface area contributed by atoms with Crippen LogP contribution in [-0.2, 0) is 4.79 Å². The van der Waals surface area contributed by atoms with Gasteiger partial charge in [0, 0.05) is 18.9 Å². The van der Waals surface area contributed by atoms with Crippen LogP contribution in [0.25, 0.3) is 0 Å². The molecule has 1 aromatic heterocycles. The normalized spacial score (nSPS) is 18.5. The summed E-state index contributed by atoms with van der Waals surface area (Å²) >= 11 is 0. The molecule has 0 aliphatic carbocycles.